The van der Waals surface area contributed by atoms with Gasteiger partial charge in [-0.3, -0.25) is 14.4 Å². The SMILES string of the molecule is CCCN(C(=O)C(CC(N)=O)NC(=O)OC(C)(C)C)C(C(=O)Nc1c(C)cccc1C)c1ccc(C)cc1. The second-order valence-corrected chi connectivity index (χ2v) is 10.5. The van der Waals surface area contributed by atoms with Crippen molar-refractivity contribution < 1.29 is 23.9 Å². The Hall–Kier alpha value is -3.88. The van der Waals surface area contributed by atoms with E-state index < -0.39 is 47.9 Å². The first kappa shape index (κ1) is 30.3. The van der Waals surface area contributed by atoms with Crippen molar-refractivity contribution in [3.63, 3.8) is 0 Å². The molecule has 2 aromatic carbocycles. The number of hydrogen-bond donors (Lipinski definition) is 3. The lowest BCUT2D eigenvalue weighted by Gasteiger charge is -2.34. The number of rotatable bonds is 10. The molecule has 0 bridgehead atoms. The fourth-order valence-corrected chi connectivity index (χ4v) is 4.08. The Morgan fingerprint density at radius 3 is 2.05 bits per heavy atom. The number of amides is 4. The Morgan fingerprint density at radius 2 is 1.55 bits per heavy atom. The highest BCUT2D eigenvalue weighted by Crippen LogP contribution is 2.27. The lowest BCUT2D eigenvalue weighted by Crippen LogP contribution is -2.53. The van der Waals surface area contributed by atoms with E-state index in [4.69, 9.17) is 10.5 Å². The van der Waals surface area contributed by atoms with Crippen molar-refractivity contribution in [2.24, 2.45) is 5.73 Å². The average molecular weight is 525 g/mol. The molecule has 2 unspecified atom stereocenters. The molecule has 4 N–H and O–H groups in total. The molecule has 9 heteroatoms. The number of primary amides is 1. The molecule has 0 fully saturated rings. The number of carbonyl (C=O) groups is 4. The predicted molar refractivity (Wildman–Crippen MR) is 147 cm³/mol. The van der Waals surface area contributed by atoms with Gasteiger partial charge < -0.3 is 26.0 Å². The molecule has 206 valence electrons. The summed E-state index contributed by atoms with van der Waals surface area (Å²) < 4.78 is 5.30. The molecule has 0 heterocycles. The number of alkyl carbamates (subject to hydrolysis) is 1. The third-order valence-corrected chi connectivity index (χ3v) is 5.82. The summed E-state index contributed by atoms with van der Waals surface area (Å²) in [4.78, 5) is 53.6. The van der Waals surface area contributed by atoms with Crippen molar-refractivity contribution in [1.82, 2.24) is 10.2 Å². The van der Waals surface area contributed by atoms with E-state index in [2.05, 4.69) is 10.6 Å². The topological polar surface area (TPSA) is 131 Å². The van der Waals surface area contributed by atoms with E-state index in [9.17, 15) is 19.2 Å². The van der Waals surface area contributed by atoms with Crippen LogP contribution in [0.5, 0.6) is 0 Å². The highest BCUT2D eigenvalue weighted by Gasteiger charge is 2.36. The molecule has 4 amide bonds. The quantitative estimate of drug-likeness (QED) is 0.427. The number of carbonyl (C=O) groups excluding carboxylic acids is 4. The zero-order valence-electron chi connectivity index (χ0n) is 23.4. The highest BCUT2D eigenvalue weighted by atomic mass is 16.6. The number of ether oxygens (including phenoxy) is 1. The summed E-state index contributed by atoms with van der Waals surface area (Å²) in [7, 11) is 0. The maximum atomic E-state index is 13.9. The minimum Gasteiger partial charge on any atom is -0.444 e. The number of anilines is 1. The van der Waals surface area contributed by atoms with Crippen LogP contribution in [-0.4, -0.2) is 46.9 Å². The van der Waals surface area contributed by atoms with E-state index in [1.807, 2.05) is 58.0 Å². The summed E-state index contributed by atoms with van der Waals surface area (Å²) >= 11 is 0. The molecule has 2 rings (SSSR count). The van der Waals surface area contributed by atoms with Crippen LogP contribution in [0.25, 0.3) is 0 Å². The zero-order chi connectivity index (χ0) is 28.6. The van der Waals surface area contributed by atoms with Crippen molar-refractivity contribution in [2.75, 3.05) is 11.9 Å². The van der Waals surface area contributed by atoms with E-state index in [-0.39, 0.29) is 6.54 Å². The Morgan fingerprint density at radius 1 is 0.974 bits per heavy atom. The number of nitrogens with two attached hydrogens (primary N) is 1. The maximum Gasteiger partial charge on any atom is 0.408 e. The monoisotopic (exact) mass is 524 g/mol. The molecular weight excluding hydrogens is 484 g/mol. The first-order valence-corrected chi connectivity index (χ1v) is 12.8. The van der Waals surface area contributed by atoms with Gasteiger partial charge in [0.25, 0.3) is 5.91 Å². The normalized spacial score (nSPS) is 12.7. The van der Waals surface area contributed by atoms with Gasteiger partial charge in [-0.1, -0.05) is 55.0 Å². The highest BCUT2D eigenvalue weighted by molar-refractivity contribution is 6.00. The summed E-state index contributed by atoms with van der Waals surface area (Å²) in [5.74, 6) is -1.80. The number of nitrogens with zero attached hydrogens (tertiary/aromatic N) is 1. The molecule has 0 aliphatic heterocycles. The van der Waals surface area contributed by atoms with E-state index in [1.54, 1.807) is 32.9 Å². The summed E-state index contributed by atoms with van der Waals surface area (Å²) in [6.07, 6.45) is -0.779. The van der Waals surface area contributed by atoms with Crippen LogP contribution >= 0.6 is 0 Å². The number of nitrogens with one attached hydrogen (secondary N) is 2. The summed E-state index contributed by atoms with van der Waals surface area (Å²) in [6.45, 7) is 12.9. The van der Waals surface area contributed by atoms with Gasteiger partial charge in [-0.15, -0.1) is 0 Å². The number of aryl methyl sites for hydroxylation is 3. The molecule has 0 aliphatic rings. The number of benzene rings is 2. The Kier molecular flexibility index (Phi) is 10.4. The molecule has 0 aliphatic carbocycles. The van der Waals surface area contributed by atoms with Crippen LogP contribution < -0.4 is 16.4 Å². The van der Waals surface area contributed by atoms with E-state index in [0.717, 1.165) is 16.7 Å². The number of para-hydroxylation sites is 1. The summed E-state index contributed by atoms with van der Waals surface area (Å²) in [5.41, 5.74) is 8.63. The van der Waals surface area contributed by atoms with Crippen molar-refractivity contribution >= 4 is 29.5 Å². The largest absolute Gasteiger partial charge is 0.444 e. The molecular formula is C29H40N4O5. The minimum absolute atomic E-state index is 0.197. The molecule has 0 saturated carbocycles. The minimum atomic E-state index is -1.31. The van der Waals surface area contributed by atoms with Crippen molar-refractivity contribution in [3.05, 3.63) is 64.7 Å². The van der Waals surface area contributed by atoms with Crippen LogP contribution in [0.3, 0.4) is 0 Å². The van der Waals surface area contributed by atoms with Gasteiger partial charge in [-0.25, -0.2) is 4.79 Å². The van der Waals surface area contributed by atoms with Crippen molar-refractivity contribution in [3.8, 4) is 0 Å². The molecule has 38 heavy (non-hydrogen) atoms. The lowest BCUT2D eigenvalue weighted by molar-refractivity contribution is -0.141. The van der Waals surface area contributed by atoms with Crippen LogP contribution in [0, 0.1) is 20.8 Å². The molecule has 0 aromatic heterocycles. The van der Waals surface area contributed by atoms with Crippen molar-refractivity contribution in [2.45, 2.75) is 79.0 Å². The molecule has 0 spiro atoms. The van der Waals surface area contributed by atoms with Gasteiger partial charge in [-0.05, 0) is 64.7 Å². The first-order valence-electron chi connectivity index (χ1n) is 12.8. The second kappa shape index (κ2) is 13.1. The summed E-state index contributed by atoms with van der Waals surface area (Å²) in [5, 5.41) is 5.48. The van der Waals surface area contributed by atoms with Gasteiger partial charge >= 0.3 is 6.09 Å². The Bertz CT molecular complexity index is 1130. The Balaban J connectivity index is 2.53. The van der Waals surface area contributed by atoms with Gasteiger partial charge in [0.15, 0.2) is 0 Å². The standard InChI is InChI=1S/C29H40N4O5/c1-8-16-33(27(36)22(17-23(30)34)31-28(37)38-29(5,6)7)25(21-14-12-18(2)13-15-21)26(35)32-24-19(3)10-9-11-20(24)4/h9-15,22,25H,8,16-17H2,1-7H3,(H2,30,34)(H,31,37)(H,32,35). The van der Waals surface area contributed by atoms with Crippen LogP contribution in [-0.2, 0) is 19.1 Å². The third-order valence-electron chi connectivity index (χ3n) is 5.82. The average Bonchev–Trinajstić information content (AvgIpc) is 2.80. The molecule has 2 atom stereocenters. The van der Waals surface area contributed by atoms with Gasteiger partial charge in [-0.2, -0.15) is 0 Å². The van der Waals surface area contributed by atoms with Crippen LogP contribution in [0.15, 0.2) is 42.5 Å². The van der Waals surface area contributed by atoms with Crippen LogP contribution in [0.2, 0.25) is 0 Å². The smallest absolute Gasteiger partial charge is 0.408 e. The molecule has 9 nitrogen and oxygen atoms in total. The number of hydrogen-bond acceptors (Lipinski definition) is 5. The second-order valence-electron chi connectivity index (χ2n) is 10.5. The van der Waals surface area contributed by atoms with Gasteiger partial charge in [0.1, 0.15) is 17.7 Å². The Labute approximate surface area is 225 Å². The zero-order valence-corrected chi connectivity index (χ0v) is 23.4. The molecule has 0 saturated heterocycles. The van der Waals surface area contributed by atoms with Gasteiger partial charge in [0.2, 0.25) is 11.8 Å². The molecule has 2 aromatic rings. The first-order chi connectivity index (χ1) is 17.7. The fourth-order valence-electron chi connectivity index (χ4n) is 4.08. The van der Waals surface area contributed by atoms with E-state index in [0.29, 0.717) is 17.7 Å². The van der Waals surface area contributed by atoms with Gasteiger partial charge in [0, 0.05) is 12.2 Å². The summed E-state index contributed by atoms with van der Waals surface area (Å²) in [6, 6.07) is 10.7. The molecule has 0 radical (unpaired) electrons. The van der Waals surface area contributed by atoms with E-state index in [1.165, 1.54) is 4.90 Å². The van der Waals surface area contributed by atoms with Crippen LogP contribution in [0.4, 0.5) is 10.5 Å². The van der Waals surface area contributed by atoms with Crippen molar-refractivity contribution in [1.29, 1.82) is 0 Å². The maximum absolute atomic E-state index is 13.9. The van der Waals surface area contributed by atoms with Gasteiger partial charge in [0.05, 0.1) is 6.42 Å². The third kappa shape index (κ3) is 8.61. The van der Waals surface area contributed by atoms with E-state index >= 15 is 0 Å². The fraction of sp³-hybridized carbons (Fsp3) is 0.448. The van der Waals surface area contributed by atoms with Crippen LogP contribution in [0.1, 0.15) is 68.8 Å². The lowest BCUT2D eigenvalue weighted by atomic mass is 10.00. The predicted octanol–water partition coefficient (Wildman–Crippen LogP) is 4.30.